The number of halogens is 2. The number of methoxy groups -OCH3 is 1. The van der Waals surface area contributed by atoms with Crippen LogP contribution >= 0.6 is 0 Å². The lowest BCUT2D eigenvalue weighted by Gasteiger charge is -2.09. The van der Waals surface area contributed by atoms with Crippen LogP contribution in [0.25, 0.3) is 0 Å². The van der Waals surface area contributed by atoms with Crippen LogP contribution in [0.4, 0.5) is 8.78 Å². The number of hydrogen-bond acceptors (Lipinski definition) is 4. The molecule has 0 atom stereocenters. The summed E-state index contributed by atoms with van der Waals surface area (Å²) in [5.74, 6) is -2.13. The van der Waals surface area contributed by atoms with Crippen LogP contribution in [-0.2, 0) is 16.1 Å². The first kappa shape index (κ1) is 14.8. The summed E-state index contributed by atoms with van der Waals surface area (Å²) >= 11 is 0. The van der Waals surface area contributed by atoms with Crippen LogP contribution in [0.2, 0.25) is 0 Å². The Kier molecular flexibility index (Phi) is 6.56. The van der Waals surface area contributed by atoms with Crippen LogP contribution in [0, 0.1) is 11.6 Å². The Morgan fingerprint density at radius 3 is 2.22 bits per heavy atom. The van der Waals surface area contributed by atoms with E-state index in [1.54, 1.807) is 7.11 Å². The summed E-state index contributed by atoms with van der Waals surface area (Å²) in [4.78, 5) is 0. The highest BCUT2D eigenvalue weighted by Gasteiger charge is 2.12. The molecule has 0 radical (unpaired) electrons. The third-order valence-electron chi connectivity index (χ3n) is 2.15. The van der Waals surface area contributed by atoms with Gasteiger partial charge in [-0.05, 0) is 17.7 Å². The molecule has 1 aromatic carbocycles. The van der Waals surface area contributed by atoms with Gasteiger partial charge in [0.15, 0.2) is 17.4 Å². The molecule has 4 nitrogen and oxygen atoms in total. The molecule has 0 aliphatic carbocycles. The topological polar surface area (TPSA) is 47.9 Å². The van der Waals surface area contributed by atoms with E-state index in [-0.39, 0.29) is 18.8 Å². The normalized spacial score (nSPS) is 10.7. The van der Waals surface area contributed by atoms with Gasteiger partial charge in [-0.15, -0.1) is 0 Å². The van der Waals surface area contributed by atoms with Crippen LogP contribution in [0.15, 0.2) is 12.1 Å². The van der Waals surface area contributed by atoms with Crippen molar-refractivity contribution in [2.45, 2.75) is 6.61 Å². The minimum atomic E-state index is -0.837. The first-order valence-electron chi connectivity index (χ1n) is 5.47. The Morgan fingerprint density at radius 2 is 1.67 bits per heavy atom. The molecular weight excluding hydrogens is 246 g/mol. The van der Waals surface area contributed by atoms with E-state index < -0.39 is 24.0 Å². The van der Waals surface area contributed by atoms with E-state index in [0.29, 0.717) is 13.2 Å². The van der Waals surface area contributed by atoms with Gasteiger partial charge < -0.3 is 19.3 Å². The first-order valence-corrected chi connectivity index (χ1v) is 5.47. The van der Waals surface area contributed by atoms with Gasteiger partial charge >= 0.3 is 0 Å². The lowest BCUT2D eigenvalue weighted by atomic mass is 10.2. The molecule has 0 aliphatic heterocycles. The van der Waals surface area contributed by atoms with E-state index in [9.17, 15) is 8.78 Å². The molecule has 18 heavy (non-hydrogen) atoms. The fourth-order valence-corrected chi connectivity index (χ4v) is 1.29. The van der Waals surface area contributed by atoms with Gasteiger partial charge in [-0.3, -0.25) is 0 Å². The van der Waals surface area contributed by atoms with Crippen LogP contribution in [0.1, 0.15) is 5.56 Å². The second-order valence-electron chi connectivity index (χ2n) is 3.50. The van der Waals surface area contributed by atoms with Gasteiger partial charge in [-0.2, -0.15) is 0 Å². The van der Waals surface area contributed by atoms with Crippen molar-refractivity contribution in [2.24, 2.45) is 0 Å². The monoisotopic (exact) mass is 262 g/mol. The first-order chi connectivity index (χ1) is 8.69. The van der Waals surface area contributed by atoms with Crippen molar-refractivity contribution in [1.29, 1.82) is 0 Å². The summed E-state index contributed by atoms with van der Waals surface area (Å²) in [5.41, 5.74) is 0.161. The van der Waals surface area contributed by atoms with Gasteiger partial charge in [0.05, 0.1) is 26.4 Å². The molecule has 0 spiro atoms. The number of hydrogen-bond donors (Lipinski definition) is 1. The van der Waals surface area contributed by atoms with Crippen LogP contribution in [0.3, 0.4) is 0 Å². The molecule has 0 saturated heterocycles. The fraction of sp³-hybridized carbons (Fsp3) is 0.500. The summed E-state index contributed by atoms with van der Waals surface area (Å²) in [7, 11) is 1.55. The standard InChI is InChI=1S/C12H16F2O4/c1-16-2-3-17-4-5-18-12-10(13)6-9(8-15)7-11(12)14/h6-7,15H,2-5,8H2,1H3. The Morgan fingerprint density at radius 1 is 1.06 bits per heavy atom. The van der Waals surface area contributed by atoms with Gasteiger partial charge in [0, 0.05) is 7.11 Å². The third kappa shape index (κ3) is 4.56. The van der Waals surface area contributed by atoms with E-state index in [1.807, 2.05) is 0 Å². The second-order valence-corrected chi connectivity index (χ2v) is 3.50. The zero-order valence-corrected chi connectivity index (χ0v) is 10.1. The Bertz CT molecular complexity index is 348. The maximum absolute atomic E-state index is 13.4. The molecule has 6 heteroatoms. The summed E-state index contributed by atoms with van der Waals surface area (Å²) in [5, 5.41) is 8.77. The zero-order valence-electron chi connectivity index (χ0n) is 10.1. The van der Waals surface area contributed by atoms with Crippen molar-refractivity contribution in [2.75, 3.05) is 33.5 Å². The van der Waals surface area contributed by atoms with Crippen LogP contribution in [-0.4, -0.2) is 38.6 Å². The molecule has 0 unspecified atom stereocenters. The molecule has 1 aromatic rings. The molecule has 0 heterocycles. The van der Waals surface area contributed by atoms with Gasteiger partial charge in [-0.25, -0.2) is 8.78 Å². The molecule has 0 aliphatic rings. The lowest BCUT2D eigenvalue weighted by molar-refractivity contribution is 0.0530. The summed E-state index contributed by atoms with van der Waals surface area (Å²) in [6.45, 7) is 0.677. The number of ether oxygens (including phenoxy) is 3. The highest BCUT2D eigenvalue weighted by Crippen LogP contribution is 2.23. The SMILES string of the molecule is COCCOCCOc1c(F)cc(CO)cc1F. The summed E-state index contributed by atoms with van der Waals surface area (Å²) < 4.78 is 41.6. The number of rotatable bonds is 8. The fourth-order valence-electron chi connectivity index (χ4n) is 1.29. The van der Waals surface area contributed by atoms with Crippen LogP contribution < -0.4 is 4.74 Å². The van der Waals surface area contributed by atoms with Crippen molar-refractivity contribution < 1.29 is 28.1 Å². The van der Waals surface area contributed by atoms with E-state index in [0.717, 1.165) is 12.1 Å². The van der Waals surface area contributed by atoms with Crippen molar-refractivity contribution in [3.8, 4) is 5.75 Å². The molecule has 0 aromatic heterocycles. The van der Waals surface area contributed by atoms with Crippen molar-refractivity contribution in [3.05, 3.63) is 29.3 Å². The highest BCUT2D eigenvalue weighted by molar-refractivity contribution is 5.31. The molecular formula is C12H16F2O4. The molecule has 0 saturated carbocycles. The maximum atomic E-state index is 13.4. The van der Waals surface area contributed by atoms with E-state index in [4.69, 9.17) is 19.3 Å². The molecule has 0 amide bonds. The Balaban J connectivity index is 2.42. The van der Waals surface area contributed by atoms with Gasteiger partial charge in [0.2, 0.25) is 0 Å². The van der Waals surface area contributed by atoms with Gasteiger partial charge in [0.25, 0.3) is 0 Å². The molecule has 0 fully saturated rings. The van der Waals surface area contributed by atoms with Crippen molar-refractivity contribution in [3.63, 3.8) is 0 Å². The van der Waals surface area contributed by atoms with Crippen LogP contribution in [0.5, 0.6) is 5.75 Å². The number of benzene rings is 1. The van der Waals surface area contributed by atoms with Gasteiger partial charge in [-0.1, -0.05) is 0 Å². The average Bonchev–Trinajstić information content (AvgIpc) is 2.35. The summed E-state index contributed by atoms with van der Waals surface area (Å²) in [6.07, 6.45) is 0. The maximum Gasteiger partial charge on any atom is 0.190 e. The minimum Gasteiger partial charge on any atom is -0.485 e. The van der Waals surface area contributed by atoms with Crippen molar-refractivity contribution in [1.82, 2.24) is 0 Å². The van der Waals surface area contributed by atoms with E-state index in [1.165, 1.54) is 0 Å². The Labute approximate surface area is 104 Å². The molecule has 0 bridgehead atoms. The van der Waals surface area contributed by atoms with E-state index >= 15 is 0 Å². The quantitative estimate of drug-likeness (QED) is 0.721. The van der Waals surface area contributed by atoms with Crippen molar-refractivity contribution >= 4 is 0 Å². The average molecular weight is 262 g/mol. The Hall–Kier alpha value is -1.24. The third-order valence-corrected chi connectivity index (χ3v) is 2.15. The molecule has 1 N–H and O–H groups in total. The predicted molar refractivity (Wildman–Crippen MR) is 60.5 cm³/mol. The van der Waals surface area contributed by atoms with E-state index in [2.05, 4.69) is 0 Å². The summed E-state index contributed by atoms with van der Waals surface area (Å²) in [6, 6.07) is 2.06. The zero-order chi connectivity index (χ0) is 13.4. The minimum absolute atomic E-state index is 0.0377. The predicted octanol–water partition coefficient (Wildman–Crippen LogP) is 1.50. The lowest BCUT2D eigenvalue weighted by Crippen LogP contribution is -2.11. The number of aliphatic hydroxyl groups is 1. The highest BCUT2D eigenvalue weighted by atomic mass is 19.1. The second kappa shape index (κ2) is 7.97. The largest absolute Gasteiger partial charge is 0.485 e. The van der Waals surface area contributed by atoms with Gasteiger partial charge in [0.1, 0.15) is 6.61 Å². The smallest absolute Gasteiger partial charge is 0.190 e. The number of aliphatic hydroxyl groups excluding tert-OH is 1. The molecule has 1 rings (SSSR count). The molecule has 102 valence electrons.